The van der Waals surface area contributed by atoms with Crippen LogP contribution in [0.3, 0.4) is 0 Å². The third kappa shape index (κ3) is 2.99. The van der Waals surface area contributed by atoms with Crippen molar-refractivity contribution in [2.24, 2.45) is 5.92 Å². The molecule has 116 valence electrons. The molecule has 1 amide bonds. The monoisotopic (exact) mass is 300 g/mol. The van der Waals surface area contributed by atoms with E-state index >= 15 is 0 Å². The van der Waals surface area contributed by atoms with Crippen molar-refractivity contribution in [3.8, 4) is 5.69 Å². The number of carbonyl (C=O) groups is 1. The van der Waals surface area contributed by atoms with Crippen LogP contribution in [0.15, 0.2) is 30.6 Å². The predicted molar refractivity (Wildman–Crippen MR) is 81.7 cm³/mol. The van der Waals surface area contributed by atoms with Crippen LogP contribution in [0.4, 0.5) is 0 Å². The van der Waals surface area contributed by atoms with Gasteiger partial charge in [-0.15, -0.1) is 5.10 Å². The van der Waals surface area contributed by atoms with Gasteiger partial charge in [-0.3, -0.25) is 4.79 Å². The van der Waals surface area contributed by atoms with Crippen molar-refractivity contribution < 1.29 is 4.79 Å². The smallest absolute Gasteiger partial charge is 0.256 e. The summed E-state index contributed by atoms with van der Waals surface area (Å²) in [5.74, 6) is 0.565. The molecule has 2 heterocycles. The first-order valence-corrected chi connectivity index (χ1v) is 7.56. The van der Waals surface area contributed by atoms with E-state index in [1.165, 1.54) is 17.4 Å². The van der Waals surface area contributed by atoms with Crippen molar-refractivity contribution in [1.29, 1.82) is 0 Å². The number of hydrogen-bond acceptors (Lipinski definition) is 5. The molecule has 1 N–H and O–H groups in total. The summed E-state index contributed by atoms with van der Waals surface area (Å²) in [5, 5.41) is 14.4. The fourth-order valence-corrected chi connectivity index (χ4v) is 3.00. The van der Waals surface area contributed by atoms with E-state index in [2.05, 4.69) is 20.8 Å². The van der Waals surface area contributed by atoms with Crippen LogP contribution in [-0.2, 0) is 0 Å². The van der Waals surface area contributed by atoms with Crippen molar-refractivity contribution in [2.45, 2.75) is 12.8 Å². The Kier molecular flexibility index (Phi) is 4.43. The van der Waals surface area contributed by atoms with E-state index in [0.717, 1.165) is 26.1 Å². The van der Waals surface area contributed by atoms with Crippen molar-refractivity contribution in [1.82, 2.24) is 30.4 Å². The van der Waals surface area contributed by atoms with Gasteiger partial charge in [0.2, 0.25) is 0 Å². The lowest BCUT2D eigenvalue weighted by atomic mass is 9.97. The predicted octanol–water partition coefficient (Wildman–Crippen LogP) is 0.734. The van der Waals surface area contributed by atoms with E-state index in [4.69, 9.17) is 0 Å². The van der Waals surface area contributed by atoms with E-state index < -0.39 is 0 Å². The van der Waals surface area contributed by atoms with E-state index in [0.29, 0.717) is 17.2 Å². The standard InChI is InChI=1S/C15H20N6O/c1-16-9-12-5-4-8-20(10-12)15(22)13-6-2-3-7-14(13)21-11-17-18-19-21/h2-3,6-7,11-12,16H,4-5,8-10H2,1H3/t12-/m1/s1. The average Bonchev–Trinajstić information content (AvgIpc) is 3.09. The largest absolute Gasteiger partial charge is 0.338 e. The summed E-state index contributed by atoms with van der Waals surface area (Å²) in [5.41, 5.74) is 1.35. The molecule has 0 saturated carbocycles. The Labute approximate surface area is 129 Å². The molecule has 0 spiro atoms. The summed E-state index contributed by atoms with van der Waals surface area (Å²) in [6, 6.07) is 7.45. The van der Waals surface area contributed by atoms with Crippen LogP contribution < -0.4 is 5.32 Å². The second-order valence-electron chi connectivity index (χ2n) is 5.59. The van der Waals surface area contributed by atoms with Gasteiger partial charge in [0.15, 0.2) is 0 Å². The van der Waals surface area contributed by atoms with Crippen molar-refractivity contribution in [3.63, 3.8) is 0 Å². The Bertz CT molecular complexity index is 625. The minimum Gasteiger partial charge on any atom is -0.338 e. The third-order valence-electron chi connectivity index (χ3n) is 4.03. The topological polar surface area (TPSA) is 75.9 Å². The Hall–Kier alpha value is -2.28. The second-order valence-corrected chi connectivity index (χ2v) is 5.59. The maximum Gasteiger partial charge on any atom is 0.256 e. The molecule has 2 aromatic rings. The Morgan fingerprint density at radius 1 is 1.41 bits per heavy atom. The Morgan fingerprint density at radius 2 is 2.27 bits per heavy atom. The number of likely N-dealkylation sites (tertiary alicyclic amines) is 1. The molecule has 1 aliphatic rings. The van der Waals surface area contributed by atoms with Gasteiger partial charge in [-0.1, -0.05) is 12.1 Å². The summed E-state index contributed by atoms with van der Waals surface area (Å²) in [6.07, 6.45) is 3.72. The molecule has 7 heteroatoms. The number of nitrogens with zero attached hydrogens (tertiary/aromatic N) is 5. The molecule has 1 atom stereocenters. The van der Waals surface area contributed by atoms with Crippen LogP contribution in [-0.4, -0.2) is 57.7 Å². The molecule has 3 rings (SSSR count). The van der Waals surface area contributed by atoms with Crippen LogP contribution in [0.2, 0.25) is 0 Å². The first-order chi connectivity index (χ1) is 10.8. The molecule has 7 nitrogen and oxygen atoms in total. The fraction of sp³-hybridized carbons (Fsp3) is 0.467. The van der Waals surface area contributed by atoms with Crippen LogP contribution >= 0.6 is 0 Å². The van der Waals surface area contributed by atoms with Gasteiger partial charge in [0.05, 0.1) is 11.3 Å². The van der Waals surface area contributed by atoms with Gasteiger partial charge in [0.1, 0.15) is 6.33 Å². The molecule has 0 bridgehead atoms. The van der Waals surface area contributed by atoms with E-state index in [9.17, 15) is 4.79 Å². The van der Waals surface area contributed by atoms with Gasteiger partial charge >= 0.3 is 0 Å². The SMILES string of the molecule is CNC[C@H]1CCCN(C(=O)c2ccccc2-n2cnnn2)C1. The lowest BCUT2D eigenvalue weighted by molar-refractivity contribution is 0.0674. The molecule has 0 aliphatic carbocycles. The highest BCUT2D eigenvalue weighted by molar-refractivity contribution is 5.97. The lowest BCUT2D eigenvalue weighted by Gasteiger charge is -2.33. The van der Waals surface area contributed by atoms with Crippen LogP contribution in [0.5, 0.6) is 0 Å². The highest BCUT2D eigenvalue weighted by Gasteiger charge is 2.25. The van der Waals surface area contributed by atoms with Gasteiger partial charge in [-0.25, -0.2) is 0 Å². The van der Waals surface area contributed by atoms with Crippen molar-refractivity contribution in [2.75, 3.05) is 26.7 Å². The summed E-state index contributed by atoms with van der Waals surface area (Å²) in [7, 11) is 1.95. The molecule has 1 aromatic carbocycles. The van der Waals surface area contributed by atoms with Crippen molar-refractivity contribution >= 4 is 5.91 Å². The van der Waals surface area contributed by atoms with Crippen LogP contribution in [0.25, 0.3) is 5.69 Å². The quantitative estimate of drug-likeness (QED) is 0.901. The zero-order valence-electron chi connectivity index (χ0n) is 12.6. The molecular formula is C15H20N6O. The zero-order chi connectivity index (χ0) is 15.4. The first kappa shape index (κ1) is 14.6. The van der Waals surface area contributed by atoms with E-state index in [1.54, 1.807) is 0 Å². The van der Waals surface area contributed by atoms with Crippen LogP contribution in [0, 0.1) is 5.92 Å². The van der Waals surface area contributed by atoms with Crippen molar-refractivity contribution in [3.05, 3.63) is 36.2 Å². The van der Waals surface area contributed by atoms with Gasteiger partial charge in [-0.2, -0.15) is 4.68 Å². The number of nitrogens with one attached hydrogen (secondary N) is 1. The van der Waals surface area contributed by atoms with Gasteiger partial charge < -0.3 is 10.2 Å². The lowest BCUT2D eigenvalue weighted by Crippen LogP contribution is -2.42. The fourth-order valence-electron chi connectivity index (χ4n) is 3.00. The number of tetrazole rings is 1. The third-order valence-corrected chi connectivity index (χ3v) is 4.03. The van der Waals surface area contributed by atoms with Gasteiger partial charge in [0.25, 0.3) is 5.91 Å². The van der Waals surface area contributed by atoms with Crippen LogP contribution in [0.1, 0.15) is 23.2 Å². The van der Waals surface area contributed by atoms with E-state index in [1.807, 2.05) is 36.2 Å². The normalized spacial score (nSPS) is 18.4. The highest BCUT2D eigenvalue weighted by atomic mass is 16.2. The number of benzene rings is 1. The summed E-state index contributed by atoms with van der Waals surface area (Å²) in [6.45, 7) is 2.55. The number of piperidine rings is 1. The molecule has 22 heavy (non-hydrogen) atoms. The number of para-hydroxylation sites is 1. The minimum absolute atomic E-state index is 0.0481. The van der Waals surface area contributed by atoms with Gasteiger partial charge in [-0.05, 0) is 54.9 Å². The van der Waals surface area contributed by atoms with E-state index in [-0.39, 0.29) is 5.91 Å². The molecule has 1 aromatic heterocycles. The Morgan fingerprint density at radius 3 is 3.05 bits per heavy atom. The second kappa shape index (κ2) is 6.65. The molecule has 0 radical (unpaired) electrons. The molecule has 1 fully saturated rings. The average molecular weight is 300 g/mol. The van der Waals surface area contributed by atoms with Gasteiger partial charge in [0, 0.05) is 13.1 Å². The minimum atomic E-state index is 0.0481. The summed E-state index contributed by atoms with van der Waals surface area (Å²) >= 11 is 0. The summed E-state index contributed by atoms with van der Waals surface area (Å²) in [4.78, 5) is 14.8. The maximum absolute atomic E-state index is 12.9. The number of hydrogen-bond donors (Lipinski definition) is 1. The summed E-state index contributed by atoms with van der Waals surface area (Å²) < 4.78 is 1.53. The number of aromatic nitrogens is 4. The molecule has 1 saturated heterocycles. The molecular weight excluding hydrogens is 280 g/mol. The molecule has 1 aliphatic heterocycles. The zero-order valence-corrected chi connectivity index (χ0v) is 12.6. The maximum atomic E-state index is 12.9. The first-order valence-electron chi connectivity index (χ1n) is 7.56. The highest BCUT2D eigenvalue weighted by Crippen LogP contribution is 2.21. The Balaban J connectivity index is 1.83. The molecule has 0 unspecified atom stereocenters. The number of rotatable bonds is 4. The number of carbonyl (C=O) groups excluding carboxylic acids is 1. The number of amides is 1.